The highest BCUT2D eigenvalue weighted by molar-refractivity contribution is 7.92. The summed E-state index contributed by atoms with van der Waals surface area (Å²) in [6, 6.07) is 17.2. The molecule has 0 saturated carbocycles. The van der Waals surface area contributed by atoms with Crippen LogP contribution in [-0.2, 0) is 10.0 Å². The number of nitrogens with zero attached hydrogens (tertiary/aromatic N) is 1. The molecule has 5 nitrogen and oxygen atoms in total. The van der Waals surface area contributed by atoms with Gasteiger partial charge >= 0.3 is 0 Å². The summed E-state index contributed by atoms with van der Waals surface area (Å²) < 4.78 is 27.1. The molecule has 0 atom stereocenters. The van der Waals surface area contributed by atoms with E-state index in [9.17, 15) is 8.42 Å². The first-order chi connectivity index (χ1) is 10.5. The van der Waals surface area contributed by atoms with Crippen LogP contribution in [0.15, 0.2) is 65.7 Å². The smallest absolute Gasteiger partial charge is 0.278 e. The lowest BCUT2D eigenvalue weighted by Crippen LogP contribution is -2.13. The molecule has 0 unspecified atom stereocenters. The van der Waals surface area contributed by atoms with Crippen LogP contribution in [0.3, 0.4) is 0 Å². The number of H-pyrrole nitrogens is 1. The quantitative estimate of drug-likeness (QED) is 0.767. The molecular formula is C15H12ClN3O2S. The summed E-state index contributed by atoms with van der Waals surface area (Å²) in [5.41, 5.74) is 1.80. The summed E-state index contributed by atoms with van der Waals surface area (Å²) >= 11 is 5.83. The number of hydrogen-bond acceptors (Lipinski definition) is 3. The molecule has 0 aliphatic heterocycles. The van der Waals surface area contributed by atoms with Crippen LogP contribution in [0.4, 0.5) is 5.69 Å². The maximum Gasteiger partial charge on any atom is 0.278 e. The van der Waals surface area contributed by atoms with Crippen molar-refractivity contribution in [2.45, 2.75) is 5.03 Å². The van der Waals surface area contributed by atoms with Gasteiger partial charge < -0.3 is 0 Å². The van der Waals surface area contributed by atoms with E-state index in [0.717, 1.165) is 5.56 Å². The van der Waals surface area contributed by atoms with Gasteiger partial charge in [-0.05, 0) is 24.3 Å². The van der Waals surface area contributed by atoms with E-state index in [2.05, 4.69) is 14.9 Å². The van der Waals surface area contributed by atoms with Gasteiger partial charge in [-0.3, -0.25) is 9.82 Å². The van der Waals surface area contributed by atoms with Crippen LogP contribution < -0.4 is 4.72 Å². The topological polar surface area (TPSA) is 74.8 Å². The number of aromatic amines is 1. The van der Waals surface area contributed by atoms with Crippen LogP contribution in [0.1, 0.15) is 0 Å². The Hall–Kier alpha value is -2.31. The molecule has 7 heteroatoms. The number of rotatable bonds is 4. The first-order valence-corrected chi connectivity index (χ1v) is 8.30. The summed E-state index contributed by atoms with van der Waals surface area (Å²) in [4.78, 5) is 0. The van der Waals surface area contributed by atoms with Crippen LogP contribution in [0.25, 0.3) is 11.3 Å². The Bertz CT molecular complexity index is 875. The number of sulfonamides is 1. The van der Waals surface area contributed by atoms with E-state index in [0.29, 0.717) is 16.4 Å². The molecule has 0 spiro atoms. The molecule has 0 amide bonds. The molecule has 0 aliphatic rings. The first-order valence-electron chi connectivity index (χ1n) is 6.44. The van der Waals surface area contributed by atoms with Crippen molar-refractivity contribution in [2.75, 3.05) is 4.72 Å². The maximum absolute atomic E-state index is 12.3. The molecule has 1 heterocycles. The number of nitrogens with one attached hydrogen (secondary N) is 2. The molecule has 3 rings (SSSR count). The second-order valence-electron chi connectivity index (χ2n) is 4.60. The van der Waals surface area contributed by atoms with Crippen molar-refractivity contribution < 1.29 is 8.42 Å². The van der Waals surface area contributed by atoms with Crippen LogP contribution in [0, 0.1) is 0 Å². The molecule has 3 aromatic rings. The van der Waals surface area contributed by atoms with Gasteiger partial charge in [0.25, 0.3) is 10.0 Å². The third-order valence-electron chi connectivity index (χ3n) is 3.01. The van der Waals surface area contributed by atoms with Crippen molar-refractivity contribution in [3.63, 3.8) is 0 Å². The Morgan fingerprint density at radius 2 is 1.68 bits per heavy atom. The molecule has 2 aromatic carbocycles. The first kappa shape index (κ1) is 14.6. The lowest BCUT2D eigenvalue weighted by molar-refractivity contribution is 0.597. The zero-order valence-corrected chi connectivity index (χ0v) is 12.9. The highest BCUT2D eigenvalue weighted by Crippen LogP contribution is 2.22. The minimum absolute atomic E-state index is 0.00121. The zero-order valence-electron chi connectivity index (χ0n) is 11.3. The lowest BCUT2D eigenvalue weighted by atomic mass is 10.2. The van der Waals surface area contributed by atoms with Crippen molar-refractivity contribution in [3.8, 4) is 11.3 Å². The minimum atomic E-state index is -3.70. The van der Waals surface area contributed by atoms with Crippen LogP contribution in [-0.4, -0.2) is 18.6 Å². The van der Waals surface area contributed by atoms with E-state index >= 15 is 0 Å². The SMILES string of the molecule is O=S(=O)(Nc1ccccc1)c1cc(-c2ccc(Cl)cc2)n[nH]1. The monoisotopic (exact) mass is 333 g/mol. The van der Waals surface area contributed by atoms with Gasteiger partial charge in [-0.1, -0.05) is 41.9 Å². The fourth-order valence-corrected chi connectivity index (χ4v) is 3.04. The fourth-order valence-electron chi connectivity index (χ4n) is 1.93. The van der Waals surface area contributed by atoms with Crippen molar-refractivity contribution in [1.29, 1.82) is 0 Å². The molecule has 0 aliphatic carbocycles. The van der Waals surface area contributed by atoms with E-state index in [1.807, 2.05) is 6.07 Å². The zero-order chi connectivity index (χ0) is 15.6. The van der Waals surface area contributed by atoms with Crippen molar-refractivity contribution in [2.24, 2.45) is 0 Å². The summed E-state index contributed by atoms with van der Waals surface area (Å²) in [5, 5.41) is 7.19. The van der Waals surface area contributed by atoms with Crippen LogP contribution in [0.2, 0.25) is 5.02 Å². The van der Waals surface area contributed by atoms with Gasteiger partial charge in [-0.15, -0.1) is 0 Å². The Morgan fingerprint density at radius 3 is 2.36 bits per heavy atom. The van der Waals surface area contributed by atoms with E-state index in [4.69, 9.17) is 11.6 Å². The van der Waals surface area contributed by atoms with Crippen LogP contribution in [0.5, 0.6) is 0 Å². The Kier molecular flexibility index (Phi) is 3.87. The average molecular weight is 334 g/mol. The number of anilines is 1. The molecular weight excluding hydrogens is 322 g/mol. The molecule has 0 fully saturated rings. The summed E-state index contributed by atoms with van der Waals surface area (Å²) in [6.07, 6.45) is 0. The predicted octanol–water partition coefficient (Wildman–Crippen LogP) is 3.53. The predicted molar refractivity (Wildman–Crippen MR) is 86.3 cm³/mol. The van der Waals surface area contributed by atoms with Gasteiger partial charge in [0, 0.05) is 22.3 Å². The fraction of sp³-hybridized carbons (Fsp3) is 0. The van der Waals surface area contributed by atoms with E-state index in [1.165, 1.54) is 6.07 Å². The van der Waals surface area contributed by atoms with Gasteiger partial charge in [-0.2, -0.15) is 13.5 Å². The van der Waals surface area contributed by atoms with Gasteiger partial charge in [0.15, 0.2) is 5.03 Å². The number of halogens is 1. The third kappa shape index (κ3) is 3.13. The molecule has 1 aromatic heterocycles. The maximum atomic E-state index is 12.3. The molecule has 0 radical (unpaired) electrons. The highest BCUT2D eigenvalue weighted by Gasteiger charge is 2.18. The van der Waals surface area contributed by atoms with Crippen LogP contribution >= 0.6 is 11.6 Å². The number of aromatic nitrogens is 2. The number of benzene rings is 2. The molecule has 0 saturated heterocycles. The molecule has 22 heavy (non-hydrogen) atoms. The van der Waals surface area contributed by atoms with E-state index in [-0.39, 0.29) is 5.03 Å². The Morgan fingerprint density at radius 1 is 1.00 bits per heavy atom. The van der Waals surface area contributed by atoms with Gasteiger partial charge in [0.2, 0.25) is 0 Å². The number of para-hydroxylation sites is 1. The van der Waals surface area contributed by atoms with Gasteiger partial charge in [0.1, 0.15) is 0 Å². The molecule has 2 N–H and O–H groups in total. The van der Waals surface area contributed by atoms with Crippen molar-refractivity contribution in [1.82, 2.24) is 10.2 Å². The second kappa shape index (κ2) is 5.82. The largest absolute Gasteiger partial charge is 0.278 e. The average Bonchev–Trinajstić information content (AvgIpc) is 2.99. The van der Waals surface area contributed by atoms with E-state index in [1.54, 1.807) is 48.5 Å². The normalized spacial score (nSPS) is 11.3. The van der Waals surface area contributed by atoms with Gasteiger partial charge in [0.05, 0.1) is 5.69 Å². The highest BCUT2D eigenvalue weighted by atomic mass is 35.5. The molecule has 0 bridgehead atoms. The van der Waals surface area contributed by atoms with Gasteiger partial charge in [-0.25, -0.2) is 0 Å². The lowest BCUT2D eigenvalue weighted by Gasteiger charge is -2.04. The van der Waals surface area contributed by atoms with Crippen molar-refractivity contribution in [3.05, 3.63) is 65.7 Å². The molecule has 112 valence electrons. The second-order valence-corrected chi connectivity index (χ2v) is 6.68. The Labute approximate surface area is 133 Å². The summed E-state index contributed by atoms with van der Waals surface area (Å²) in [5.74, 6) is 0. The standard InChI is InChI=1S/C15H12ClN3O2S/c16-12-8-6-11(7-9-12)14-10-15(18-17-14)22(20,21)19-13-4-2-1-3-5-13/h1-10,19H,(H,17,18). The minimum Gasteiger partial charge on any atom is -0.278 e. The van der Waals surface area contributed by atoms with E-state index < -0.39 is 10.0 Å². The third-order valence-corrected chi connectivity index (χ3v) is 4.55. The number of hydrogen-bond donors (Lipinski definition) is 2. The van der Waals surface area contributed by atoms with Crippen molar-refractivity contribution >= 4 is 27.3 Å². The summed E-state index contributed by atoms with van der Waals surface area (Å²) in [7, 11) is -3.70. The Balaban J connectivity index is 1.88. The summed E-state index contributed by atoms with van der Waals surface area (Å²) in [6.45, 7) is 0.